The SMILES string of the molecule is CCC(=O)C(=O)OCCC(CC)CCC=C(C)CC. The average Bonchev–Trinajstić information content (AvgIpc) is 2.43. The van der Waals surface area contributed by atoms with Crippen molar-refractivity contribution in [2.75, 3.05) is 6.61 Å². The second-order valence-corrected chi connectivity index (χ2v) is 4.96. The van der Waals surface area contributed by atoms with E-state index in [-0.39, 0.29) is 6.42 Å². The fourth-order valence-corrected chi connectivity index (χ4v) is 1.81. The summed E-state index contributed by atoms with van der Waals surface area (Å²) in [6.45, 7) is 8.49. The van der Waals surface area contributed by atoms with E-state index in [0.717, 1.165) is 32.1 Å². The Morgan fingerprint density at radius 3 is 2.32 bits per heavy atom. The first kappa shape index (κ1) is 17.9. The van der Waals surface area contributed by atoms with Crippen LogP contribution < -0.4 is 0 Å². The predicted molar refractivity (Wildman–Crippen MR) is 77.9 cm³/mol. The van der Waals surface area contributed by atoms with Crippen LogP contribution in [0.3, 0.4) is 0 Å². The van der Waals surface area contributed by atoms with Crippen LogP contribution in [0.15, 0.2) is 11.6 Å². The standard InChI is InChI=1S/C16H28O3/c1-5-13(4)9-8-10-14(6-2)11-12-19-16(18)15(17)7-3/h9,14H,5-8,10-12H2,1-4H3. The third kappa shape index (κ3) is 8.57. The van der Waals surface area contributed by atoms with E-state index in [9.17, 15) is 9.59 Å². The second kappa shape index (κ2) is 10.8. The molecule has 3 heteroatoms. The molecule has 0 rings (SSSR count). The highest BCUT2D eigenvalue weighted by molar-refractivity contribution is 6.33. The lowest BCUT2D eigenvalue weighted by Crippen LogP contribution is -2.18. The summed E-state index contributed by atoms with van der Waals surface area (Å²) in [7, 11) is 0. The van der Waals surface area contributed by atoms with Gasteiger partial charge in [-0.3, -0.25) is 4.79 Å². The molecule has 0 amide bonds. The zero-order valence-corrected chi connectivity index (χ0v) is 12.8. The Kier molecular flexibility index (Phi) is 10.1. The number of ketones is 1. The van der Waals surface area contributed by atoms with Gasteiger partial charge in [-0.2, -0.15) is 0 Å². The van der Waals surface area contributed by atoms with Crippen molar-refractivity contribution in [3.8, 4) is 0 Å². The summed E-state index contributed by atoms with van der Waals surface area (Å²) in [5.74, 6) is -0.556. The van der Waals surface area contributed by atoms with Crippen molar-refractivity contribution in [2.24, 2.45) is 5.92 Å². The monoisotopic (exact) mass is 268 g/mol. The van der Waals surface area contributed by atoms with E-state index in [1.165, 1.54) is 5.57 Å². The number of carbonyl (C=O) groups is 2. The molecule has 3 nitrogen and oxygen atoms in total. The minimum Gasteiger partial charge on any atom is -0.460 e. The number of esters is 1. The third-order valence-corrected chi connectivity index (χ3v) is 3.51. The maximum absolute atomic E-state index is 11.2. The van der Waals surface area contributed by atoms with Gasteiger partial charge in [-0.05, 0) is 38.5 Å². The first-order valence-electron chi connectivity index (χ1n) is 7.40. The Bertz CT molecular complexity index is 305. The van der Waals surface area contributed by atoms with Crippen molar-refractivity contribution in [1.82, 2.24) is 0 Å². The quantitative estimate of drug-likeness (QED) is 0.341. The fraction of sp³-hybridized carbons (Fsp3) is 0.750. The summed E-state index contributed by atoms with van der Waals surface area (Å²) in [4.78, 5) is 22.3. The molecule has 0 heterocycles. The largest absolute Gasteiger partial charge is 0.460 e. The van der Waals surface area contributed by atoms with Gasteiger partial charge in [-0.25, -0.2) is 4.79 Å². The second-order valence-electron chi connectivity index (χ2n) is 4.96. The Balaban J connectivity index is 3.88. The molecule has 0 aliphatic heterocycles. The van der Waals surface area contributed by atoms with E-state index in [2.05, 4.69) is 26.8 Å². The number of allylic oxidation sites excluding steroid dienone is 2. The highest BCUT2D eigenvalue weighted by Gasteiger charge is 2.13. The first-order chi connectivity index (χ1) is 9.04. The molecule has 0 aromatic heterocycles. The zero-order valence-electron chi connectivity index (χ0n) is 12.8. The Labute approximate surface area is 117 Å². The smallest absolute Gasteiger partial charge is 0.374 e. The van der Waals surface area contributed by atoms with E-state index in [0.29, 0.717) is 12.5 Å². The van der Waals surface area contributed by atoms with E-state index < -0.39 is 11.8 Å². The number of hydrogen-bond donors (Lipinski definition) is 0. The first-order valence-corrected chi connectivity index (χ1v) is 7.40. The van der Waals surface area contributed by atoms with Gasteiger partial charge in [0, 0.05) is 6.42 Å². The van der Waals surface area contributed by atoms with Crippen molar-refractivity contribution in [3.63, 3.8) is 0 Å². The van der Waals surface area contributed by atoms with Gasteiger partial charge >= 0.3 is 5.97 Å². The van der Waals surface area contributed by atoms with Gasteiger partial charge in [-0.15, -0.1) is 0 Å². The molecule has 0 N–H and O–H groups in total. The van der Waals surface area contributed by atoms with Crippen LogP contribution in [0.4, 0.5) is 0 Å². The topological polar surface area (TPSA) is 43.4 Å². The number of hydrogen-bond acceptors (Lipinski definition) is 3. The van der Waals surface area contributed by atoms with Crippen LogP contribution in [-0.4, -0.2) is 18.4 Å². The lowest BCUT2D eigenvalue weighted by molar-refractivity contribution is -0.154. The van der Waals surface area contributed by atoms with Gasteiger partial charge in [0.15, 0.2) is 0 Å². The lowest BCUT2D eigenvalue weighted by Gasteiger charge is -2.13. The molecule has 1 unspecified atom stereocenters. The lowest BCUT2D eigenvalue weighted by atomic mass is 9.96. The Morgan fingerprint density at radius 1 is 1.11 bits per heavy atom. The van der Waals surface area contributed by atoms with Crippen molar-refractivity contribution < 1.29 is 14.3 Å². The molecule has 0 bridgehead atoms. The van der Waals surface area contributed by atoms with Crippen LogP contribution in [0.1, 0.15) is 66.2 Å². The molecular formula is C16H28O3. The molecule has 0 aromatic rings. The van der Waals surface area contributed by atoms with Crippen LogP contribution in [0.2, 0.25) is 0 Å². The molecule has 1 atom stereocenters. The maximum atomic E-state index is 11.2. The van der Waals surface area contributed by atoms with Gasteiger partial charge in [0.05, 0.1) is 6.61 Å². The van der Waals surface area contributed by atoms with Gasteiger partial charge in [0.25, 0.3) is 0 Å². The minimum absolute atomic E-state index is 0.219. The fourth-order valence-electron chi connectivity index (χ4n) is 1.81. The molecule has 0 aliphatic carbocycles. The predicted octanol–water partition coefficient (Wildman–Crippen LogP) is 4.06. The summed E-state index contributed by atoms with van der Waals surface area (Å²) in [5, 5.41) is 0. The normalized spacial score (nSPS) is 13.2. The van der Waals surface area contributed by atoms with Gasteiger partial charge in [0.1, 0.15) is 0 Å². The Hall–Kier alpha value is -1.12. The molecule has 19 heavy (non-hydrogen) atoms. The molecule has 0 fully saturated rings. The maximum Gasteiger partial charge on any atom is 0.374 e. The summed E-state index contributed by atoms with van der Waals surface area (Å²) in [5.41, 5.74) is 1.43. The van der Waals surface area contributed by atoms with Crippen LogP contribution in [0.25, 0.3) is 0 Å². The van der Waals surface area contributed by atoms with Crippen molar-refractivity contribution in [3.05, 3.63) is 11.6 Å². The minimum atomic E-state index is -0.681. The van der Waals surface area contributed by atoms with Gasteiger partial charge in [0.2, 0.25) is 5.78 Å². The van der Waals surface area contributed by atoms with Crippen LogP contribution in [0, 0.1) is 5.92 Å². The third-order valence-electron chi connectivity index (χ3n) is 3.51. The summed E-state index contributed by atoms with van der Waals surface area (Å²) in [6, 6.07) is 0. The highest BCUT2D eigenvalue weighted by Crippen LogP contribution is 2.17. The van der Waals surface area contributed by atoms with Crippen LogP contribution in [0.5, 0.6) is 0 Å². The van der Waals surface area contributed by atoms with Crippen molar-refractivity contribution in [2.45, 2.75) is 66.2 Å². The van der Waals surface area contributed by atoms with Gasteiger partial charge < -0.3 is 4.74 Å². The highest BCUT2D eigenvalue weighted by atomic mass is 16.5. The molecule has 0 aliphatic rings. The molecule has 0 saturated carbocycles. The zero-order chi connectivity index (χ0) is 14.7. The molecule has 110 valence electrons. The number of ether oxygens (including phenoxy) is 1. The molecule has 0 saturated heterocycles. The number of rotatable bonds is 10. The van der Waals surface area contributed by atoms with E-state index in [1.807, 2.05) is 0 Å². The van der Waals surface area contributed by atoms with Crippen LogP contribution in [-0.2, 0) is 14.3 Å². The Morgan fingerprint density at radius 2 is 1.79 bits per heavy atom. The summed E-state index contributed by atoms with van der Waals surface area (Å²) in [6.07, 6.45) is 7.74. The molecule has 0 aromatic carbocycles. The number of carbonyl (C=O) groups excluding carboxylic acids is 2. The van der Waals surface area contributed by atoms with Crippen LogP contribution >= 0.6 is 0 Å². The molecule has 0 radical (unpaired) electrons. The van der Waals surface area contributed by atoms with E-state index in [1.54, 1.807) is 6.92 Å². The van der Waals surface area contributed by atoms with Gasteiger partial charge in [-0.1, -0.05) is 38.8 Å². The van der Waals surface area contributed by atoms with E-state index >= 15 is 0 Å². The number of Topliss-reactive ketones (excluding diaryl/α,β-unsaturated/α-hetero) is 1. The van der Waals surface area contributed by atoms with Crippen molar-refractivity contribution >= 4 is 11.8 Å². The molecular weight excluding hydrogens is 240 g/mol. The summed E-state index contributed by atoms with van der Waals surface area (Å²) >= 11 is 0. The average molecular weight is 268 g/mol. The molecule has 0 spiro atoms. The summed E-state index contributed by atoms with van der Waals surface area (Å²) < 4.78 is 4.97. The van der Waals surface area contributed by atoms with Crippen molar-refractivity contribution in [1.29, 1.82) is 0 Å². The van der Waals surface area contributed by atoms with E-state index in [4.69, 9.17) is 4.74 Å².